The van der Waals surface area contributed by atoms with E-state index >= 15 is 0 Å². The van der Waals surface area contributed by atoms with Gasteiger partial charge in [-0.3, -0.25) is 4.79 Å². The minimum atomic E-state index is -0.134. The van der Waals surface area contributed by atoms with Gasteiger partial charge in [-0.1, -0.05) is 13.3 Å². The molecule has 2 rings (SSSR count). The van der Waals surface area contributed by atoms with E-state index in [1.165, 1.54) is 19.3 Å². The van der Waals surface area contributed by atoms with Crippen molar-refractivity contribution in [1.82, 2.24) is 4.98 Å². The second-order valence-electron chi connectivity index (χ2n) is 5.27. The lowest BCUT2D eigenvalue weighted by Gasteiger charge is -2.31. The Labute approximate surface area is 125 Å². The Morgan fingerprint density at radius 3 is 2.85 bits per heavy atom. The van der Waals surface area contributed by atoms with Crippen LogP contribution in [0.25, 0.3) is 0 Å². The number of hydrogen-bond acceptors (Lipinski definition) is 5. The lowest BCUT2D eigenvalue weighted by atomic mass is 9.95. The Morgan fingerprint density at radius 2 is 2.20 bits per heavy atom. The van der Waals surface area contributed by atoms with Gasteiger partial charge >= 0.3 is 5.97 Å². The van der Waals surface area contributed by atoms with E-state index in [0.29, 0.717) is 19.4 Å². The molecule has 5 heteroatoms. The maximum Gasteiger partial charge on any atom is 0.306 e. The van der Waals surface area contributed by atoms with Gasteiger partial charge in [-0.15, -0.1) is 11.3 Å². The number of aryl methyl sites for hydroxylation is 1. The van der Waals surface area contributed by atoms with Crippen LogP contribution in [0, 0.1) is 5.92 Å². The fourth-order valence-electron chi connectivity index (χ4n) is 2.55. The van der Waals surface area contributed by atoms with Crippen molar-refractivity contribution >= 4 is 22.4 Å². The number of nitrogens with zero attached hydrogens (tertiary/aromatic N) is 2. The highest BCUT2D eigenvalue weighted by atomic mass is 32.1. The normalized spacial score (nSPS) is 16.4. The molecule has 0 radical (unpaired) electrons. The molecule has 0 aromatic carbocycles. The van der Waals surface area contributed by atoms with E-state index in [1.54, 1.807) is 11.3 Å². The molecule has 1 aromatic rings. The highest BCUT2D eigenvalue weighted by molar-refractivity contribution is 7.13. The molecule has 0 atom stereocenters. The molecule has 1 aliphatic rings. The maximum absolute atomic E-state index is 11.3. The van der Waals surface area contributed by atoms with Crippen molar-refractivity contribution in [1.29, 1.82) is 0 Å². The summed E-state index contributed by atoms with van der Waals surface area (Å²) < 4.78 is 4.94. The molecule has 0 aliphatic carbocycles. The van der Waals surface area contributed by atoms with Crippen molar-refractivity contribution in [2.45, 2.75) is 46.0 Å². The summed E-state index contributed by atoms with van der Waals surface area (Å²) in [5, 5.41) is 3.18. The van der Waals surface area contributed by atoms with Gasteiger partial charge in [0.05, 0.1) is 18.7 Å². The SMILES string of the molecule is CCOC(=O)CCc1csc(N2CCC(CC)CC2)n1. The maximum atomic E-state index is 11.3. The van der Waals surface area contributed by atoms with Crippen molar-refractivity contribution in [3.05, 3.63) is 11.1 Å². The number of piperidine rings is 1. The monoisotopic (exact) mass is 296 g/mol. The largest absolute Gasteiger partial charge is 0.466 e. The zero-order chi connectivity index (χ0) is 14.4. The summed E-state index contributed by atoms with van der Waals surface area (Å²) in [4.78, 5) is 18.4. The first-order valence-electron chi connectivity index (χ1n) is 7.57. The number of carbonyl (C=O) groups is 1. The van der Waals surface area contributed by atoms with Crippen molar-refractivity contribution in [2.75, 3.05) is 24.6 Å². The summed E-state index contributed by atoms with van der Waals surface area (Å²) in [5.74, 6) is 0.750. The van der Waals surface area contributed by atoms with Gasteiger partial charge in [-0.2, -0.15) is 0 Å². The Hall–Kier alpha value is -1.10. The summed E-state index contributed by atoms with van der Waals surface area (Å²) in [6, 6.07) is 0. The number of rotatable bonds is 6. The second-order valence-corrected chi connectivity index (χ2v) is 6.10. The molecule has 1 aliphatic heterocycles. The number of esters is 1. The molecule has 0 spiro atoms. The van der Waals surface area contributed by atoms with E-state index in [-0.39, 0.29) is 5.97 Å². The van der Waals surface area contributed by atoms with E-state index in [9.17, 15) is 4.79 Å². The average molecular weight is 296 g/mol. The third-order valence-electron chi connectivity index (χ3n) is 3.89. The highest BCUT2D eigenvalue weighted by Crippen LogP contribution is 2.27. The van der Waals surface area contributed by atoms with Gasteiger partial charge in [0.15, 0.2) is 5.13 Å². The van der Waals surface area contributed by atoms with Gasteiger partial charge in [0.25, 0.3) is 0 Å². The number of aromatic nitrogens is 1. The van der Waals surface area contributed by atoms with Gasteiger partial charge < -0.3 is 9.64 Å². The number of thiazole rings is 1. The quantitative estimate of drug-likeness (QED) is 0.756. The Bertz CT molecular complexity index is 425. The van der Waals surface area contributed by atoms with Crippen molar-refractivity contribution in [3.8, 4) is 0 Å². The molecule has 1 aromatic heterocycles. The van der Waals surface area contributed by atoms with E-state index in [2.05, 4.69) is 22.2 Å². The van der Waals surface area contributed by atoms with Crippen LogP contribution < -0.4 is 4.90 Å². The Balaban J connectivity index is 1.81. The van der Waals surface area contributed by atoms with Gasteiger partial charge in [0.1, 0.15) is 0 Å². The number of carbonyl (C=O) groups excluding carboxylic acids is 1. The van der Waals surface area contributed by atoms with Crippen LogP contribution in [0.2, 0.25) is 0 Å². The lowest BCUT2D eigenvalue weighted by Crippen LogP contribution is -2.33. The number of anilines is 1. The molecule has 4 nitrogen and oxygen atoms in total. The zero-order valence-electron chi connectivity index (χ0n) is 12.4. The van der Waals surface area contributed by atoms with Crippen molar-refractivity contribution in [3.63, 3.8) is 0 Å². The van der Waals surface area contributed by atoms with Gasteiger partial charge in [0.2, 0.25) is 0 Å². The molecule has 0 unspecified atom stereocenters. The molecule has 112 valence electrons. The molecule has 1 fully saturated rings. The van der Waals surface area contributed by atoms with E-state index in [4.69, 9.17) is 4.74 Å². The molecular weight excluding hydrogens is 272 g/mol. The number of ether oxygens (including phenoxy) is 1. The lowest BCUT2D eigenvalue weighted by molar-refractivity contribution is -0.143. The Morgan fingerprint density at radius 1 is 1.45 bits per heavy atom. The van der Waals surface area contributed by atoms with Crippen LogP contribution >= 0.6 is 11.3 Å². The predicted octanol–water partition coefficient (Wildman–Crippen LogP) is 3.27. The number of hydrogen-bond donors (Lipinski definition) is 0. The van der Waals surface area contributed by atoms with Gasteiger partial charge in [0, 0.05) is 24.9 Å². The summed E-state index contributed by atoms with van der Waals surface area (Å²) in [6.45, 7) is 6.79. The van der Waals surface area contributed by atoms with Crippen LogP contribution in [0.1, 0.15) is 45.2 Å². The molecule has 0 bridgehead atoms. The standard InChI is InChI=1S/C15H24N2O2S/c1-3-12-7-9-17(10-8-12)15-16-13(11-20-15)5-6-14(18)19-4-2/h11-12H,3-10H2,1-2H3. The fourth-order valence-corrected chi connectivity index (χ4v) is 3.47. The molecule has 0 saturated carbocycles. The minimum absolute atomic E-state index is 0.134. The minimum Gasteiger partial charge on any atom is -0.466 e. The van der Waals surface area contributed by atoms with Crippen molar-refractivity contribution < 1.29 is 9.53 Å². The van der Waals surface area contributed by atoms with Crippen LogP contribution in [0.3, 0.4) is 0 Å². The zero-order valence-corrected chi connectivity index (χ0v) is 13.2. The third kappa shape index (κ3) is 4.20. The smallest absolute Gasteiger partial charge is 0.306 e. The first-order valence-corrected chi connectivity index (χ1v) is 8.45. The first kappa shape index (κ1) is 15.3. The highest BCUT2D eigenvalue weighted by Gasteiger charge is 2.20. The predicted molar refractivity (Wildman–Crippen MR) is 82.3 cm³/mol. The molecular formula is C15H24N2O2S. The summed E-state index contributed by atoms with van der Waals surface area (Å²) in [6.07, 6.45) is 4.94. The van der Waals surface area contributed by atoms with Crippen LogP contribution in [0.15, 0.2) is 5.38 Å². The fraction of sp³-hybridized carbons (Fsp3) is 0.733. The van der Waals surface area contributed by atoms with Crippen LogP contribution in [0.5, 0.6) is 0 Å². The van der Waals surface area contributed by atoms with Crippen LogP contribution in [-0.4, -0.2) is 30.6 Å². The summed E-state index contributed by atoms with van der Waals surface area (Å²) in [5.41, 5.74) is 1.01. The van der Waals surface area contributed by atoms with E-state index in [0.717, 1.165) is 29.8 Å². The second kappa shape index (κ2) is 7.62. The molecule has 0 amide bonds. The van der Waals surface area contributed by atoms with Gasteiger partial charge in [-0.05, 0) is 25.7 Å². The Kier molecular flexibility index (Phi) is 5.83. The first-order chi connectivity index (χ1) is 9.72. The third-order valence-corrected chi connectivity index (χ3v) is 4.84. The summed E-state index contributed by atoms with van der Waals surface area (Å²) in [7, 11) is 0. The molecule has 20 heavy (non-hydrogen) atoms. The van der Waals surface area contributed by atoms with E-state index < -0.39 is 0 Å². The van der Waals surface area contributed by atoms with Crippen LogP contribution in [-0.2, 0) is 16.0 Å². The summed E-state index contributed by atoms with van der Waals surface area (Å²) >= 11 is 1.69. The molecule has 0 N–H and O–H groups in total. The van der Waals surface area contributed by atoms with E-state index in [1.807, 2.05) is 6.92 Å². The average Bonchev–Trinajstić information content (AvgIpc) is 2.94. The van der Waals surface area contributed by atoms with Crippen LogP contribution in [0.4, 0.5) is 5.13 Å². The molecule has 2 heterocycles. The topological polar surface area (TPSA) is 42.4 Å². The van der Waals surface area contributed by atoms with Gasteiger partial charge in [-0.25, -0.2) is 4.98 Å². The van der Waals surface area contributed by atoms with Crippen molar-refractivity contribution in [2.24, 2.45) is 5.92 Å². The molecule has 1 saturated heterocycles.